The number of rotatable bonds is 35. The van der Waals surface area contributed by atoms with E-state index in [-0.39, 0.29) is 12.5 Å². The molecule has 4 nitrogen and oxygen atoms in total. The van der Waals surface area contributed by atoms with Crippen molar-refractivity contribution in [2.75, 3.05) is 6.61 Å². The Morgan fingerprint density at radius 1 is 0.510 bits per heavy atom. The smallest absolute Gasteiger partial charge is 0.220 e. The minimum Gasteiger partial charge on any atom is -0.394 e. The van der Waals surface area contributed by atoms with Crippen molar-refractivity contribution >= 4 is 5.91 Å². The van der Waals surface area contributed by atoms with Gasteiger partial charge in [0.2, 0.25) is 5.91 Å². The summed E-state index contributed by atoms with van der Waals surface area (Å²) in [5.74, 6) is -0.0685. The first-order chi connectivity index (χ1) is 24.2. The summed E-state index contributed by atoms with van der Waals surface area (Å²) < 4.78 is 0. The summed E-state index contributed by atoms with van der Waals surface area (Å²) in [7, 11) is 0. The van der Waals surface area contributed by atoms with Crippen molar-refractivity contribution < 1.29 is 15.0 Å². The van der Waals surface area contributed by atoms with E-state index in [1.807, 2.05) is 0 Å². The highest BCUT2D eigenvalue weighted by Gasteiger charge is 2.19. The van der Waals surface area contributed by atoms with Crippen molar-refractivity contribution in [3.63, 3.8) is 0 Å². The van der Waals surface area contributed by atoms with Gasteiger partial charge in [0.1, 0.15) is 0 Å². The van der Waals surface area contributed by atoms with E-state index in [2.05, 4.69) is 104 Å². The van der Waals surface area contributed by atoms with Gasteiger partial charge >= 0.3 is 0 Å². The predicted octanol–water partition coefficient (Wildman–Crippen LogP) is 12.5. The fourth-order valence-corrected chi connectivity index (χ4v) is 5.57. The third-order valence-corrected chi connectivity index (χ3v) is 8.67. The molecule has 0 fully saturated rings. The first-order valence-electron chi connectivity index (χ1n) is 20.3. The van der Waals surface area contributed by atoms with Crippen molar-refractivity contribution in [3.05, 3.63) is 85.1 Å². The van der Waals surface area contributed by atoms with Crippen molar-refractivity contribution in [1.29, 1.82) is 0 Å². The molecule has 0 saturated heterocycles. The van der Waals surface area contributed by atoms with Crippen molar-refractivity contribution in [3.8, 4) is 0 Å². The highest BCUT2D eigenvalue weighted by atomic mass is 16.3. The van der Waals surface area contributed by atoms with Crippen LogP contribution in [0.15, 0.2) is 85.1 Å². The maximum absolute atomic E-state index is 12.4. The molecule has 0 radical (unpaired) electrons. The maximum Gasteiger partial charge on any atom is 0.220 e. The summed E-state index contributed by atoms with van der Waals surface area (Å²) in [6.07, 6.45) is 57.9. The molecule has 0 spiro atoms. The predicted molar refractivity (Wildman–Crippen MR) is 216 cm³/mol. The number of carbonyl (C=O) groups excluding carboxylic acids is 1. The zero-order valence-electron chi connectivity index (χ0n) is 31.9. The van der Waals surface area contributed by atoms with Gasteiger partial charge in [-0.3, -0.25) is 4.79 Å². The van der Waals surface area contributed by atoms with E-state index in [0.29, 0.717) is 12.8 Å². The fourth-order valence-electron chi connectivity index (χ4n) is 5.57. The first-order valence-corrected chi connectivity index (χ1v) is 20.3. The van der Waals surface area contributed by atoms with Gasteiger partial charge in [0.05, 0.1) is 18.8 Å². The van der Waals surface area contributed by atoms with Crippen LogP contribution in [-0.4, -0.2) is 34.9 Å². The quantitative estimate of drug-likeness (QED) is 0.0461. The van der Waals surface area contributed by atoms with Gasteiger partial charge in [-0.05, 0) is 70.6 Å². The molecule has 0 aliphatic heterocycles. The number of aliphatic hydroxyl groups is 2. The first kappa shape index (κ1) is 46.6. The second-order valence-electron chi connectivity index (χ2n) is 13.3. The van der Waals surface area contributed by atoms with Crippen LogP contribution in [0, 0.1) is 0 Å². The van der Waals surface area contributed by atoms with Gasteiger partial charge in [-0.2, -0.15) is 0 Å². The molecule has 0 bridgehead atoms. The lowest BCUT2D eigenvalue weighted by molar-refractivity contribution is -0.123. The minimum absolute atomic E-state index is 0.0685. The van der Waals surface area contributed by atoms with E-state index in [1.54, 1.807) is 0 Å². The Kier molecular flexibility index (Phi) is 38.0. The number of hydrogen-bond acceptors (Lipinski definition) is 3. The molecule has 0 rings (SSSR count). The zero-order chi connectivity index (χ0) is 35.7. The third-order valence-electron chi connectivity index (χ3n) is 8.67. The number of amides is 1. The van der Waals surface area contributed by atoms with Gasteiger partial charge in [0.25, 0.3) is 0 Å². The summed E-state index contributed by atoms with van der Waals surface area (Å²) in [4.78, 5) is 12.4. The molecule has 280 valence electrons. The Morgan fingerprint density at radius 2 is 0.898 bits per heavy atom. The number of unbranched alkanes of at least 4 members (excludes halogenated alkanes) is 14. The largest absolute Gasteiger partial charge is 0.394 e. The molecule has 0 aromatic carbocycles. The molecule has 4 heteroatoms. The molecule has 0 heterocycles. The molecule has 0 aromatic rings. The van der Waals surface area contributed by atoms with Crippen LogP contribution in [-0.2, 0) is 4.79 Å². The summed E-state index contributed by atoms with van der Waals surface area (Å²) in [6, 6.07) is -0.558. The van der Waals surface area contributed by atoms with E-state index in [0.717, 1.165) is 83.5 Å². The molecule has 0 aliphatic carbocycles. The topological polar surface area (TPSA) is 69.6 Å². The fraction of sp³-hybridized carbons (Fsp3) is 0.667. The van der Waals surface area contributed by atoms with Crippen molar-refractivity contribution in [1.82, 2.24) is 5.32 Å². The lowest BCUT2D eigenvalue weighted by atomic mass is 10.0. The maximum atomic E-state index is 12.4. The van der Waals surface area contributed by atoms with Crippen LogP contribution in [0.2, 0.25) is 0 Å². The van der Waals surface area contributed by atoms with Crippen LogP contribution in [0.25, 0.3) is 0 Å². The second-order valence-corrected chi connectivity index (χ2v) is 13.3. The third kappa shape index (κ3) is 36.7. The van der Waals surface area contributed by atoms with Gasteiger partial charge in [-0.25, -0.2) is 0 Å². The van der Waals surface area contributed by atoms with E-state index >= 15 is 0 Å². The Bertz CT molecular complexity index is 910. The van der Waals surface area contributed by atoms with Crippen molar-refractivity contribution in [2.24, 2.45) is 0 Å². The molecular formula is C45H77NO3. The Labute approximate surface area is 303 Å². The van der Waals surface area contributed by atoms with Crippen LogP contribution >= 0.6 is 0 Å². The molecule has 0 aromatic heterocycles. The lowest BCUT2D eigenvalue weighted by Gasteiger charge is -2.22. The van der Waals surface area contributed by atoms with Gasteiger partial charge < -0.3 is 15.5 Å². The molecule has 0 saturated carbocycles. The van der Waals surface area contributed by atoms with Crippen molar-refractivity contribution in [2.45, 2.75) is 187 Å². The number of carbonyl (C=O) groups is 1. The SMILES string of the molecule is CC/C=C\C/C=C\C/C=C\C/C=C\C/C=C\C/C=C\C/C=C\CCCCCC(=O)NC(CO)C(O)CCCCCCCCCCCCCC. The number of hydrogen-bond donors (Lipinski definition) is 3. The molecule has 0 aliphatic rings. The van der Waals surface area contributed by atoms with Gasteiger partial charge in [-0.15, -0.1) is 0 Å². The number of nitrogens with one attached hydrogen (secondary N) is 1. The van der Waals surface area contributed by atoms with Crippen LogP contribution in [0.4, 0.5) is 0 Å². The van der Waals surface area contributed by atoms with Crippen LogP contribution in [0.3, 0.4) is 0 Å². The monoisotopic (exact) mass is 680 g/mol. The van der Waals surface area contributed by atoms with E-state index in [9.17, 15) is 15.0 Å². The highest BCUT2D eigenvalue weighted by molar-refractivity contribution is 5.76. The number of allylic oxidation sites excluding steroid dienone is 14. The normalized spacial score (nSPS) is 14.0. The Balaban J connectivity index is 3.70. The second kappa shape index (κ2) is 40.0. The Hall–Kier alpha value is -2.43. The molecule has 1 amide bonds. The van der Waals surface area contributed by atoms with Gasteiger partial charge in [0.15, 0.2) is 0 Å². The molecule has 3 N–H and O–H groups in total. The zero-order valence-corrected chi connectivity index (χ0v) is 31.9. The number of aliphatic hydroxyl groups excluding tert-OH is 2. The molecular weight excluding hydrogens is 602 g/mol. The van der Waals surface area contributed by atoms with Crippen LogP contribution in [0.5, 0.6) is 0 Å². The average molecular weight is 680 g/mol. The highest BCUT2D eigenvalue weighted by Crippen LogP contribution is 2.14. The summed E-state index contributed by atoms with van der Waals surface area (Å²) in [5, 5.41) is 23.0. The molecule has 2 atom stereocenters. The summed E-state index contributed by atoms with van der Waals surface area (Å²) >= 11 is 0. The van der Waals surface area contributed by atoms with E-state index < -0.39 is 12.1 Å². The van der Waals surface area contributed by atoms with Crippen LogP contribution in [0.1, 0.15) is 174 Å². The average Bonchev–Trinajstić information content (AvgIpc) is 3.10. The Morgan fingerprint density at radius 3 is 1.33 bits per heavy atom. The lowest BCUT2D eigenvalue weighted by Crippen LogP contribution is -2.45. The molecule has 49 heavy (non-hydrogen) atoms. The van der Waals surface area contributed by atoms with Gasteiger partial charge in [0, 0.05) is 6.42 Å². The minimum atomic E-state index is -0.677. The van der Waals surface area contributed by atoms with E-state index in [4.69, 9.17) is 0 Å². The van der Waals surface area contributed by atoms with Gasteiger partial charge in [-0.1, -0.05) is 182 Å². The van der Waals surface area contributed by atoms with E-state index in [1.165, 1.54) is 64.2 Å². The summed E-state index contributed by atoms with van der Waals surface area (Å²) in [6.45, 7) is 4.21. The van der Waals surface area contributed by atoms with Crippen LogP contribution < -0.4 is 5.32 Å². The summed E-state index contributed by atoms with van der Waals surface area (Å²) in [5.41, 5.74) is 0. The standard InChI is InChI=1S/C45H77NO3/c1-3-5-7-9-11-13-15-17-18-19-20-21-22-23-24-25-26-27-28-29-31-33-35-37-39-41-45(49)46-43(42-47)44(48)40-38-36-34-32-30-16-14-12-10-8-6-4-2/h5,7,11,13,17-18,20-21,23-24,26-27,29,31,43-44,47-48H,3-4,6,8-10,12,14-16,19,22,25,28,30,32-42H2,1-2H3,(H,46,49)/b7-5-,13-11-,18-17-,21-20-,24-23-,27-26-,31-29-. The molecule has 2 unspecified atom stereocenters.